The van der Waals surface area contributed by atoms with Crippen LogP contribution < -0.4 is 4.74 Å². The van der Waals surface area contributed by atoms with Crippen molar-refractivity contribution >= 4 is 17.3 Å². The Morgan fingerprint density at radius 2 is 2.21 bits per heavy atom. The first kappa shape index (κ1) is 12.7. The molecule has 7 nitrogen and oxygen atoms in total. The molecule has 2 aromatic rings. The molecular weight excluding hydrogens is 272 g/mol. The predicted octanol–water partition coefficient (Wildman–Crippen LogP) is 2.70. The van der Waals surface area contributed by atoms with Gasteiger partial charge in [0.15, 0.2) is 0 Å². The van der Waals surface area contributed by atoms with Gasteiger partial charge in [-0.15, -0.1) is 0 Å². The van der Waals surface area contributed by atoms with Crippen LogP contribution >= 0.6 is 11.6 Å². The van der Waals surface area contributed by atoms with Gasteiger partial charge in [0.1, 0.15) is 22.5 Å². The van der Waals surface area contributed by atoms with E-state index in [1.54, 1.807) is 0 Å². The van der Waals surface area contributed by atoms with Crippen LogP contribution in [0.15, 0.2) is 30.5 Å². The molecule has 1 aromatic carbocycles. The SMILES string of the molecule is N#Cc1ccnc(Oc2ccc([N+](=O)[O-])c(Cl)c2)n1. The van der Waals surface area contributed by atoms with Crippen LogP contribution in [0.1, 0.15) is 5.69 Å². The monoisotopic (exact) mass is 276 g/mol. The second-order valence-corrected chi connectivity index (χ2v) is 3.72. The van der Waals surface area contributed by atoms with Gasteiger partial charge in [0.2, 0.25) is 0 Å². The fraction of sp³-hybridized carbons (Fsp3) is 0. The van der Waals surface area contributed by atoms with Gasteiger partial charge in [0, 0.05) is 18.3 Å². The number of hydrogen-bond donors (Lipinski definition) is 0. The first-order chi connectivity index (χ1) is 9.10. The molecule has 0 radical (unpaired) electrons. The molecule has 2 rings (SSSR count). The van der Waals surface area contributed by atoms with Crippen LogP contribution in [0.3, 0.4) is 0 Å². The molecule has 0 N–H and O–H groups in total. The maximum atomic E-state index is 10.6. The standard InChI is InChI=1S/C11H5ClN4O3/c12-9-5-8(1-2-10(9)16(17)18)19-11-14-4-3-7(6-13)15-11/h1-5H. The molecule has 0 atom stereocenters. The van der Waals surface area contributed by atoms with Crippen LogP contribution in [-0.4, -0.2) is 14.9 Å². The molecule has 8 heteroatoms. The first-order valence-electron chi connectivity index (χ1n) is 4.95. The highest BCUT2D eigenvalue weighted by Crippen LogP contribution is 2.29. The number of aromatic nitrogens is 2. The summed E-state index contributed by atoms with van der Waals surface area (Å²) in [5.41, 5.74) is -0.0706. The van der Waals surface area contributed by atoms with Crippen molar-refractivity contribution in [2.45, 2.75) is 0 Å². The molecule has 0 saturated carbocycles. The zero-order valence-corrected chi connectivity index (χ0v) is 10.0. The normalized spacial score (nSPS) is 9.68. The van der Waals surface area contributed by atoms with E-state index in [4.69, 9.17) is 21.6 Å². The summed E-state index contributed by atoms with van der Waals surface area (Å²) in [6.07, 6.45) is 1.37. The van der Waals surface area contributed by atoms with Gasteiger partial charge in [0.25, 0.3) is 5.69 Å². The summed E-state index contributed by atoms with van der Waals surface area (Å²) in [6.45, 7) is 0. The lowest BCUT2D eigenvalue weighted by Crippen LogP contribution is -1.94. The van der Waals surface area contributed by atoms with Crippen LogP contribution in [-0.2, 0) is 0 Å². The number of rotatable bonds is 3. The maximum absolute atomic E-state index is 10.6. The van der Waals surface area contributed by atoms with E-state index in [9.17, 15) is 10.1 Å². The highest BCUT2D eigenvalue weighted by Gasteiger charge is 2.13. The van der Waals surface area contributed by atoms with E-state index in [0.717, 1.165) is 0 Å². The highest BCUT2D eigenvalue weighted by atomic mass is 35.5. The lowest BCUT2D eigenvalue weighted by atomic mass is 10.3. The molecule has 0 amide bonds. The quantitative estimate of drug-likeness (QED) is 0.631. The summed E-state index contributed by atoms with van der Waals surface area (Å²) in [5.74, 6) is 0.241. The van der Waals surface area contributed by atoms with Crippen molar-refractivity contribution < 1.29 is 9.66 Å². The number of halogens is 1. The van der Waals surface area contributed by atoms with E-state index in [-0.39, 0.29) is 28.2 Å². The summed E-state index contributed by atoms with van der Waals surface area (Å²) in [4.78, 5) is 17.6. The number of nitro benzene ring substituents is 1. The zero-order valence-electron chi connectivity index (χ0n) is 9.28. The summed E-state index contributed by atoms with van der Waals surface area (Å²) >= 11 is 5.73. The van der Waals surface area contributed by atoms with E-state index in [1.165, 1.54) is 30.5 Å². The third kappa shape index (κ3) is 2.94. The number of ether oxygens (including phenoxy) is 1. The van der Waals surface area contributed by atoms with E-state index in [2.05, 4.69) is 9.97 Å². The average Bonchev–Trinajstić information content (AvgIpc) is 2.38. The van der Waals surface area contributed by atoms with Crippen molar-refractivity contribution in [3.63, 3.8) is 0 Å². The molecule has 0 fully saturated rings. The Hall–Kier alpha value is -2.72. The Morgan fingerprint density at radius 1 is 1.42 bits per heavy atom. The van der Waals surface area contributed by atoms with E-state index >= 15 is 0 Å². The van der Waals surface area contributed by atoms with Gasteiger partial charge < -0.3 is 4.74 Å². The van der Waals surface area contributed by atoms with Gasteiger partial charge in [-0.25, -0.2) is 4.98 Å². The van der Waals surface area contributed by atoms with E-state index in [0.29, 0.717) is 0 Å². The van der Waals surface area contributed by atoms with Gasteiger partial charge in [-0.3, -0.25) is 10.1 Å². The number of nitro groups is 1. The molecule has 0 aliphatic heterocycles. The van der Waals surface area contributed by atoms with Crippen LogP contribution in [0, 0.1) is 21.4 Å². The third-order valence-electron chi connectivity index (χ3n) is 2.07. The van der Waals surface area contributed by atoms with Gasteiger partial charge in [-0.05, 0) is 12.1 Å². The van der Waals surface area contributed by atoms with Crippen LogP contribution in [0.4, 0.5) is 5.69 Å². The minimum atomic E-state index is -0.598. The molecular formula is C11H5ClN4O3. The largest absolute Gasteiger partial charge is 0.424 e. The number of nitrogens with zero attached hydrogens (tertiary/aromatic N) is 4. The van der Waals surface area contributed by atoms with Crippen molar-refractivity contribution in [3.05, 3.63) is 51.3 Å². The number of benzene rings is 1. The molecule has 0 aliphatic rings. The van der Waals surface area contributed by atoms with Crippen LogP contribution in [0.5, 0.6) is 11.8 Å². The van der Waals surface area contributed by atoms with Crippen molar-refractivity contribution in [2.75, 3.05) is 0 Å². The fourth-order valence-electron chi connectivity index (χ4n) is 1.26. The Morgan fingerprint density at radius 3 is 2.84 bits per heavy atom. The van der Waals surface area contributed by atoms with Gasteiger partial charge in [-0.2, -0.15) is 10.2 Å². The Bertz CT molecular complexity index is 684. The topological polar surface area (TPSA) is 102 Å². The predicted molar refractivity (Wildman–Crippen MR) is 64.9 cm³/mol. The minimum absolute atomic E-state index is 0.0380. The smallest absolute Gasteiger partial charge is 0.323 e. The van der Waals surface area contributed by atoms with E-state index < -0.39 is 4.92 Å². The van der Waals surface area contributed by atoms with Crippen LogP contribution in [0.25, 0.3) is 0 Å². The number of hydrogen-bond acceptors (Lipinski definition) is 6. The molecule has 94 valence electrons. The summed E-state index contributed by atoms with van der Waals surface area (Å²) < 4.78 is 5.26. The van der Waals surface area contributed by atoms with Crippen LogP contribution in [0.2, 0.25) is 5.02 Å². The maximum Gasteiger partial charge on any atom is 0.323 e. The summed E-state index contributed by atoms with van der Waals surface area (Å²) in [7, 11) is 0. The highest BCUT2D eigenvalue weighted by molar-refractivity contribution is 6.32. The molecule has 0 saturated heterocycles. The average molecular weight is 277 g/mol. The third-order valence-corrected chi connectivity index (χ3v) is 2.38. The summed E-state index contributed by atoms with van der Waals surface area (Å²) in [5, 5.41) is 19.2. The minimum Gasteiger partial charge on any atom is -0.424 e. The molecule has 1 aromatic heterocycles. The van der Waals surface area contributed by atoms with Gasteiger partial charge in [-0.1, -0.05) is 11.6 Å². The first-order valence-corrected chi connectivity index (χ1v) is 5.33. The van der Waals surface area contributed by atoms with Gasteiger partial charge in [0.05, 0.1) is 4.92 Å². The molecule has 0 unspecified atom stereocenters. The number of nitriles is 1. The second kappa shape index (κ2) is 5.29. The zero-order chi connectivity index (χ0) is 13.8. The molecule has 1 heterocycles. The summed E-state index contributed by atoms with van der Waals surface area (Å²) in [6, 6.07) is 7.09. The van der Waals surface area contributed by atoms with E-state index in [1.807, 2.05) is 6.07 Å². The van der Waals surface area contributed by atoms with Crippen molar-refractivity contribution in [3.8, 4) is 17.8 Å². The molecule has 19 heavy (non-hydrogen) atoms. The fourth-order valence-corrected chi connectivity index (χ4v) is 1.50. The second-order valence-electron chi connectivity index (χ2n) is 3.31. The van der Waals surface area contributed by atoms with Gasteiger partial charge >= 0.3 is 6.01 Å². The molecule has 0 aliphatic carbocycles. The lowest BCUT2D eigenvalue weighted by molar-refractivity contribution is -0.384. The van der Waals surface area contributed by atoms with Crippen molar-refractivity contribution in [1.82, 2.24) is 9.97 Å². The lowest BCUT2D eigenvalue weighted by Gasteiger charge is -2.03. The molecule has 0 bridgehead atoms. The Balaban J connectivity index is 2.26. The molecule has 0 spiro atoms. The van der Waals surface area contributed by atoms with Crippen molar-refractivity contribution in [2.24, 2.45) is 0 Å². The Labute approximate surface area is 112 Å². The Kier molecular flexibility index (Phi) is 3.54. The van der Waals surface area contributed by atoms with Crippen molar-refractivity contribution in [1.29, 1.82) is 5.26 Å².